The number of hydrogen-bond acceptors (Lipinski definition) is 3. The Kier molecular flexibility index (Phi) is 2.20. The van der Waals surface area contributed by atoms with Crippen molar-refractivity contribution in [1.82, 2.24) is 9.89 Å². The summed E-state index contributed by atoms with van der Waals surface area (Å²) in [7, 11) is 0. The Balaban J connectivity index is 2.33. The van der Waals surface area contributed by atoms with E-state index >= 15 is 0 Å². The Hall–Kier alpha value is -1.81. The van der Waals surface area contributed by atoms with Crippen LogP contribution in [0.4, 0.5) is 0 Å². The topological polar surface area (TPSA) is 69.9 Å². The summed E-state index contributed by atoms with van der Waals surface area (Å²) in [5.41, 5.74) is 8.53. The van der Waals surface area contributed by atoms with Crippen LogP contribution in [0, 0.1) is 0 Å². The third-order valence-electron chi connectivity index (χ3n) is 2.09. The summed E-state index contributed by atoms with van der Waals surface area (Å²) in [6.45, 7) is 0.561. The minimum Gasteiger partial charge on any atom is -0.326 e. The van der Waals surface area contributed by atoms with Crippen molar-refractivity contribution in [2.24, 2.45) is 5.73 Å². The minimum atomic E-state index is 0.561. The zero-order chi connectivity index (χ0) is 9.97. The molecule has 1 heterocycles. The molecule has 0 amide bonds. The van der Waals surface area contributed by atoms with Gasteiger partial charge < -0.3 is 11.6 Å². The highest BCUT2D eigenvalue weighted by Gasteiger charge is 2.00. The quantitative estimate of drug-likeness (QED) is 0.682. The Morgan fingerprint density at radius 1 is 1.14 bits per heavy atom. The monoisotopic (exact) mass is 188 g/mol. The second kappa shape index (κ2) is 3.51. The van der Waals surface area contributed by atoms with Crippen molar-refractivity contribution in [2.75, 3.05) is 5.84 Å². The lowest BCUT2D eigenvalue weighted by molar-refractivity contribution is 0.835. The summed E-state index contributed by atoms with van der Waals surface area (Å²) in [5, 5.41) is 4.10. The van der Waals surface area contributed by atoms with Gasteiger partial charge in [-0.05, 0) is 11.6 Å². The molecule has 2 rings (SSSR count). The number of nitrogens with two attached hydrogens (primary N) is 2. The van der Waals surface area contributed by atoms with Crippen LogP contribution in [0.5, 0.6) is 0 Å². The Bertz CT molecular complexity index is 416. The van der Waals surface area contributed by atoms with Crippen molar-refractivity contribution in [3.05, 3.63) is 42.1 Å². The summed E-state index contributed by atoms with van der Waals surface area (Å²) in [6, 6.07) is 9.84. The van der Waals surface area contributed by atoms with Crippen LogP contribution in [0.15, 0.2) is 36.5 Å². The van der Waals surface area contributed by atoms with Crippen LogP contribution < -0.4 is 11.6 Å². The largest absolute Gasteiger partial charge is 0.326 e. The fraction of sp³-hybridized carbons (Fsp3) is 0.100. The lowest BCUT2D eigenvalue weighted by atomic mass is 10.1. The van der Waals surface area contributed by atoms with E-state index in [9.17, 15) is 0 Å². The van der Waals surface area contributed by atoms with Crippen LogP contribution in [0.2, 0.25) is 0 Å². The van der Waals surface area contributed by atoms with Gasteiger partial charge in [-0.3, -0.25) is 0 Å². The van der Waals surface area contributed by atoms with Gasteiger partial charge in [-0.1, -0.05) is 24.3 Å². The van der Waals surface area contributed by atoms with E-state index in [2.05, 4.69) is 5.10 Å². The van der Waals surface area contributed by atoms with E-state index < -0.39 is 0 Å². The van der Waals surface area contributed by atoms with Crippen molar-refractivity contribution in [3.8, 4) is 11.3 Å². The molecule has 1 aromatic heterocycles. The third kappa shape index (κ3) is 1.60. The Morgan fingerprint density at radius 3 is 2.36 bits per heavy atom. The molecule has 1 aromatic carbocycles. The second-order valence-electron chi connectivity index (χ2n) is 3.08. The van der Waals surface area contributed by atoms with E-state index in [4.69, 9.17) is 11.6 Å². The molecule has 0 spiro atoms. The first-order valence-corrected chi connectivity index (χ1v) is 4.40. The zero-order valence-corrected chi connectivity index (χ0v) is 7.72. The lowest BCUT2D eigenvalue weighted by Crippen LogP contribution is -2.07. The molecule has 0 unspecified atom stereocenters. The molecule has 4 nitrogen and oxygen atoms in total. The molecule has 0 saturated carbocycles. The average Bonchev–Trinajstić information content (AvgIpc) is 2.65. The van der Waals surface area contributed by atoms with Gasteiger partial charge in [0.05, 0.1) is 5.69 Å². The van der Waals surface area contributed by atoms with Crippen LogP contribution >= 0.6 is 0 Å². The van der Waals surface area contributed by atoms with Gasteiger partial charge in [0.15, 0.2) is 0 Å². The number of benzene rings is 1. The highest BCUT2D eigenvalue weighted by molar-refractivity contribution is 5.58. The van der Waals surface area contributed by atoms with E-state index in [1.807, 2.05) is 30.3 Å². The van der Waals surface area contributed by atoms with Gasteiger partial charge >= 0.3 is 0 Å². The van der Waals surface area contributed by atoms with E-state index in [1.54, 1.807) is 6.20 Å². The molecule has 0 bridgehead atoms. The first-order chi connectivity index (χ1) is 6.79. The van der Waals surface area contributed by atoms with Gasteiger partial charge in [0.25, 0.3) is 0 Å². The summed E-state index contributed by atoms with van der Waals surface area (Å²) in [4.78, 5) is 1.30. The first kappa shape index (κ1) is 8.77. The van der Waals surface area contributed by atoms with Crippen LogP contribution in [0.3, 0.4) is 0 Å². The number of nitrogens with zero attached hydrogens (tertiary/aromatic N) is 2. The van der Waals surface area contributed by atoms with E-state index in [-0.39, 0.29) is 0 Å². The molecule has 0 atom stereocenters. The van der Waals surface area contributed by atoms with Crippen LogP contribution in [0.25, 0.3) is 11.3 Å². The van der Waals surface area contributed by atoms with Crippen molar-refractivity contribution >= 4 is 0 Å². The molecule has 0 aliphatic rings. The summed E-state index contributed by atoms with van der Waals surface area (Å²) in [6.07, 6.45) is 1.71. The van der Waals surface area contributed by atoms with Crippen LogP contribution in [0.1, 0.15) is 5.56 Å². The molecule has 72 valence electrons. The molecule has 14 heavy (non-hydrogen) atoms. The highest BCUT2D eigenvalue weighted by atomic mass is 15.5. The SMILES string of the molecule is NCc1ccc(-c2ccn(N)n2)cc1. The molecule has 2 aromatic rings. The molecule has 0 aliphatic heterocycles. The summed E-state index contributed by atoms with van der Waals surface area (Å²) < 4.78 is 0. The van der Waals surface area contributed by atoms with Gasteiger partial charge in [0, 0.05) is 18.3 Å². The average molecular weight is 188 g/mol. The normalized spacial score (nSPS) is 10.4. The molecule has 0 saturated heterocycles. The van der Waals surface area contributed by atoms with Crippen molar-refractivity contribution < 1.29 is 0 Å². The maximum absolute atomic E-state index is 5.50. The van der Waals surface area contributed by atoms with Gasteiger partial charge in [0.2, 0.25) is 0 Å². The standard InChI is InChI=1S/C10H12N4/c11-7-8-1-3-9(4-2-8)10-5-6-14(12)13-10/h1-6H,7,11-12H2. The van der Waals surface area contributed by atoms with Crippen LogP contribution in [-0.4, -0.2) is 9.89 Å². The van der Waals surface area contributed by atoms with Crippen molar-refractivity contribution in [3.63, 3.8) is 0 Å². The predicted octanol–water partition coefficient (Wildman–Crippen LogP) is 0.723. The maximum Gasteiger partial charge on any atom is 0.0944 e. The second-order valence-corrected chi connectivity index (χ2v) is 3.08. The molecule has 4 N–H and O–H groups in total. The molecule has 0 aliphatic carbocycles. The predicted molar refractivity (Wildman–Crippen MR) is 55.7 cm³/mol. The minimum absolute atomic E-state index is 0.561. The molecule has 0 fully saturated rings. The number of rotatable bonds is 2. The Morgan fingerprint density at radius 2 is 1.86 bits per heavy atom. The van der Waals surface area contributed by atoms with E-state index in [0.29, 0.717) is 6.54 Å². The summed E-state index contributed by atoms with van der Waals surface area (Å²) in [5.74, 6) is 5.46. The van der Waals surface area contributed by atoms with Gasteiger partial charge in [0.1, 0.15) is 0 Å². The van der Waals surface area contributed by atoms with E-state index in [1.165, 1.54) is 4.79 Å². The third-order valence-corrected chi connectivity index (χ3v) is 2.09. The molecule has 0 radical (unpaired) electrons. The number of aromatic nitrogens is 2. The molecule has 4 heteroatoms. The van der Waals surface area contributed by atoms with Crippen LogP contribution in [-0.2, 0) is 6.54 Å². The Labute approximate surface area is 82.1 Å². The highest BCUT2D eigenvalue weighted by Crippen LogP contribution is 2.16. The first-order valence-electron chi connectivity index (χ1n) is 4.40. The smallest absolute Gasteiger partial charge is 0.0944 e. The zero-order valence-electron chi connectivity index (χ0n) is 7.72. The van der Waals surface area contributed by atoms with E-state index in [0.717, 1.165) is 16.8 Å². The van der Waals surface area contributed by atoms with Gasteiger partial charge in [-0.25, -0.2) is 0 Å². The molecular weight excluding hydrogens is 176 g/mol. The fourth-order valence-electron chi connectivity index (χ4n) is 1.30. The summed E-state index contributed by atoms with van der Waals surface area (Å²) >= 11 is 0. The fourth-order valence-corrected chi connectivity index (χ4v) is 1.30. The number of hydrogen-bond donors (Lipinski definition) is 2. The molecular formula is C10H12N4. The van der Waals surface area contributed by atoms with Gasteiger partial charge in [-0.15, -0.1) is 0 Å². The van der Waals surface area contributed by atoms with Crippen molar-refractivity contribution in [2.45, 2.75) is 6.54 Å². The number of nitrogen functional groups attached to an aromatic ring is 1. The van der Waals surface area contributed by atoms with Gasteiger partial charge in [-0.2, -0.15) is 9.89 Å². The maximum atomic E-state index is 5.50. The van der Waals surface area contributed by atoms with Crippen molar-refractivity contribution in [1.29, 1.82) is 0 Å². The lowest BCUT2D eigenvalue weighted by Gasteiger charge is -1.98.